The molecule has 0 aromatic rings. The lowest BCUT2D eigenvalue weighted by Crippen LogP contribution is -2.42. The minimum absolute atomic E-state index is 0.669. The molecule has 2 aliphatic heterocycles. The molecule has 1 atom stereocenters. The molecule has 2 heterocycles. The molecule has 3 fully saturated rings. The summed E-state index contributed by atoms with van der Waals surface area (Å²) in [7, 11) is 0. The van der Waals surface area contributed by atoms with E-state index < -0.39 is 0 Å². The van der Waals surface area contributed by atoms with Crippen molar-refractivity contribution in [2.75, 3.05) is 32.7 Å². The first-order valence-electron chi connectivity index (χ1n) is 9.13. The van der Waals surface area contributed by atoms with Gasteiger partial charge in [0.05, 0.1) is 0 Å². The van der Waals surface area contributed by atoms with Gasteiger partial charge in [-0.15, -0.1) is 0 Å². The van der Waals surface area contributed by atoms with Gasteiger partial charge in [0.25, 0.3) is 0 Å². The van der Waals surface area contributed by atoms with Crippen LogP contribution in [0.25, 0.3) is 0 Å². The summed E-state index contributed by atoms with van der Waals surface area (Å²) in [4.78, 5) is 5.62. The lowest BCUT2D eigenvalue weighted by Gasteiger charge is -2.37. The van der Waals surface area contributed by atoms with Gasteiger partial charge < -0.3 is 4.90 Å². The first-order chi connectivity index (χ1) is 9.67. The maximum absolute atomic E-state index is 2.85. The van der Waals surface area contributed by atoms with Crippen LogP contribution < -0.4 is 0 Å². The van der Waals surface area contributed by atoms with Gasteiger partial charge in [-0.2, -0.15) is 0 Å². The average molecular weight is 278 g/mol. The summed E-state index contributed by atoms with van der Waals surface area (Å²) in [5.74, 6) is 0.864. The third-order valence-corrected chi connectivity index (χ3v) is 5.95. The summed E-state index contributed by atoms with van der Waals surface area (Å²) in [6.07, 6.45) is 11.7. The Labute approximate surface area is 125 Å². The van der Waals surface area contributed by atoms with E-state index in [-0.39, 0.29) is 0 Å². The van der Waals surface area contributed by atoms with Crippen LogP contribution in [0.15, 0.2) is 0 Å². The summed E-state index contributed by atoms with van der Waals surface area (Å²) in [5, 5.41) is 0. The topological polar surface area (TPSA) is 6.48 Å². The monoisotopic (exact) mass is 278 g/mol. The highest BCUT2D eigenvalue weighted by Crippen LogP contribution is 2.44. The number of hydrogen-bond donors (Lipinski definition) is 0. The second kappa shape index (κ2) is 6.36. The molecule has 1 saturated carbocycles. The summed E-state index contributed by atoms with van der Waals surface area (Å²) in [5.41, 5.74) is 0.669. The van der Waals surface area contributed by atoms with E-state index in [0.717, 1.165) is 12.0 Å². The van der Waals surface area contributed by atoms with Crippen molar-refractivity contribution in [2.45, 2.75) is 71.3 Å². The number of hydrogen-bond acceptors (Lipinski definition) is 2. The van der Waals surface area contributed by atoms with Gasteiger partial charge in [0.2, 0.25) is 0 Å². The Kier molecular flexibility index (Phi) is 4.72. The maximum Gasteiger partial charge on any atom is 0.0223 e. The lowest BCUT2D eigenvalue weighted by molar-refractivity contribution is 0.120. The van der Waals surface area contributed by atoms with Crippen molar-refractivity contribution in [1.29, 1.82) is 0 Å². The van der Waals surface area contributed by atoms with Crippen molar-refractivity contribution in [3.63, 3.8) is 0 Å². The van der Waals surface area contributed by atoms with E-state index in [2.05, 4.69) is 23.6 Å². The van der Waals surface area contributed by atoms with Crippen LogP contribution in [-0.2, 0) is 0 Å². The number of nitrogens with zero attached hydrogens (tertiary/aromatic N) is 2. The molecule has 2 saturated heterocycles. The molecule has 0 radical (unpaired) electrons. The number of fused-ring (bicyclic) bond motifs is 1. The largest absolute Gasteiger partial charge is 0.301 e. The van der Waals surface area contributed by atoms with E-state index in [1.54, 1.807) is 0 Å². The Morgan fingerprint density at radius 2 is 1.75 bits per heavy atom. The van der Waals surface area contributed by atoms with Gasteiger partial charge in [-0.3, -0.25) is 4.90 Å². The molecule has 1 aliphatic carbocycles. The third-order valence-electron chi connectivity index (χ3n) is 5.95. The molecule has 116 valence electrons. The van der Waals surface area contributed by atoms with E-state index in [9.17, 15) is 0 Å². The van der Waals surface area contributed by atoms with Gasteiger partial charge in [0.1, 0.15) is 0 Å². The molecular formula is C18H34N2. The second-order valence-corrected chi connectivity index (χ2v) is 8.23. The Morgan fingerprint density at radius 3 is 2.50 bits per heavy atom. The molecule has 1 unspecified atom stereocenters. The quantitative estimate of drug-likeness (QED) is 0.772. The molecule has 2 nitrogen and oxygen atoms in total. The van der Waals surface area contributed by atoms with Crippen LogP contribution in [0, 0.1) is 11.3 Å². The smallest absolute Gasteiger partial charge is 0.0223 e. The van der Waals surface area contributed by atoms with Crippen LogP contribution in [0.4, 0.5) is 0 Å². The van der Waals surface area contributed by atoms with Gasteiger partial charge in [-0.1, -0.05) is 26.7 Å². The predicted molar refractivity (Wildman–Crippen MR) is 86.0 cm³/mol. The average Bonchev–Trinajstić information content (AvgIpc) is 2.96. The molecule has 0 N–H and O–H groups in total. The lowest BCUT2D eigenvalue weighted by atomic mass is 9.78. The molecule has 20 heavy (non-hydrogen) atoms. The molecular weight excluding hydrogens is 244 g/mol. The summed E-state index contributed by atoms with van der Waals surface area (Å²) in [6, 6.07) is 0.884. The van der Waals surface area contributed by atoms with Crippen molar-refractivity contribution >= 4 is 0 Å². The van der Waals surface area contributed by atoms with Crippen molar-refractivity contribution in [1.82, 2.24) is 9.80 Å². The first kappa shape index (κ1) is 14.8. The fourth-order valence-electron chi connectivity index (χ4n) is 5.32. The van der Waals surface area contributed by atoms with Gasteiger partial charge in [0, 0.05) is 19.1 Å². The summed E-state index contributed by atoms with van der Waals surface area (Å²) in [6.45, 7) is 11.7. The normalized spacial score (nSPS) is 31.6. The van der Waals surface area contributed by atoms with Gasteiger partial charge in [0.15, 0.2) is 0 Å². The zero-order chi connectivity index (χ0) is 14.0. The van der Waals surface area contributed by atoms with Crippen molar-refractivity contribution in [3.8, 4) is 0 Å². The van der Waals surface area contributed by atoms with Crippen LogP contribution in [-0.4, -0.2) is 48.6 Å². The van der Waals surface area contributed by atoms with Crippen LogP contribution in [0.5, 0.6) is 0 Å². The maximum atomic E-state index is 2.85. The van der Waals surface area contributed by atoms with E-state index in [0.29, 0.717) is 5.41 Å². The zero-order valence-electron chi connectivity index (χ0n) is 13.7. The molecule has 0 aromatic heterocycles. The van der Waals surface area contributed by atoms with Crippen LogP contribution in [0.2, 0.25) is 0 Å². The molecule has 0 bridgehead atoms. The minimum Gasteiger partial charge on any atom is -0.301 e. The minimum atomic E-state index is 0.669. The van der Waals surface area contributed by atoms with E-state index in [1.165, 1.54) is 84.1 Å². The fourth-order valence-corrected chi connectivity index (χ4v) is 5.32. The van der Waals surface area contributed by atoms with Gasteiger partial charge in [-0.25, -0.2) is 0 Å². The number of rotatable bonds is 4. The Hall–Kier alpha value is -0.0800. The standard InChI is InChI=1S/C18H34N2/c1-16(2)13-18(8-3-4-9-18)15-19-10-6-12-20-11-5-7-17(20)14-19/h16-17H,3-15H2,1-2H3. The molecule has 0 spiro atoms. The summed E-state index contributed by atoms with van der Waals surface area (Å²) >= 11 is 0. The molecule has 2 heteroatoms. The van der Waals surface area contributed by atoms with Crippen molar-refractivity contribution in [3.05, 3.63) is 0 Å². The highest BCUT2D eigenvalue weighted by Gasteiger charge is 2.37. The highest BCUT2D eigenvalue weighted by atomic mass is 15.3. The SMILES string of the molecule is CC(C)CC1(CN2CCCN3CCCC3C2)CCCC1. The van der Waals surface area contributed by atoms with Crippen LogP contribution in [0.3, 0.4) is 0 Å². The predicted octanol–water partition coefficient (Wildman–Crippen LogP) is 3.76. The van der Waals surface area contributed by atoms with Crippen molar-refractivity contribution in [2.24, 2.45) is 11.3 Å². The van der Waals surface area contributed by atoms with Crippen molar-refractivity contribution < 1.29 is 0 Å². The van der Waals surface area contributed by atoms with E-state index in [4.69, 9.17) is 0 Å². The Balaban J connectivity index is 1.62. The Bertz CT molecular complexity index is 307. The highest BCUT2D eigenvalue weighted by molar-refractivity contribution is 4.91. The molecule has 3 rings (SSSR count). The van der Waals surface area contributed by atoms with E-state index >= 15 is 0 Å². The van der Waals surface area contributed by atoms with Gasteiger partial charge >= 0.3 is 0 Å². The van der Waals surface area contributed by atoms with Crippen LogP contribution in [0.1, 0.15) is 65.2 Å². The third kappa shape index (κ3) is 3.39. The van der Waals surface area contributed by atoms with Crippen LogP contribution >= 0.6 is 0 Å². The summed E-state index contributed by atoms with van der Waals surface area (Å²) < 4.78 is 0. The van der Waals surface area contributed by atoms with E-state index in [1.807, 2.05) is 0 Å². The molecule has 3 aliphatic rings. The first-order valence-corrected chi connectivity index (χ1v) is 9.13. The van der Waals surface area contributed by atoms with Gasteiger partial charge in [-0.05, 0) is 69.5 Å². The molecule has 0 aromatic carbocycles. The zero-order valence-corrected chi connectivity index (χ0v) is 13.7. The second-order valence-electron chi connectivity index (χ2n) is 8.23. The Morgan fingerprint density at radius 1 is 1.00 bits per heavy atom. The molecule has 0 amide bonds. The fraction of sp³-hybridized carbons (Fsp3) is 1.00.